The third-order valence-corrected chi connectivity index (χ3v) is 2.37. The fourth-order valence-electron chi connectivity index (χ4n) is 1.47. The lowest BCUT2D eigenvalue weighted by atomic mass is 10.0. The number of ether oxygens (including phenoxy) is 1. The van der Waals surface area contributed by atoms with Crippen LogP contribution in [0.3, 0.4) is 0 Å². The molecule has 0 aliphatic rings. The zero-order valence-corrected chi connectivity index (χ0v) is 9.87. The molecule has 2 nitrogen and oxygen atoms in total. The van der Waals surface area contributed by atoms with E-state index in [0.717, 1.165) is 18.4 Å². The third kappa shape index (κ3) is 4.19. The minimum Gasteiger partial charge on any atom is -0.491 e. The smallest absolute Gasteiger partial charge is 0.126 e. The molecule has 0 saturated heterocycles. The van der Waals surface area contributed by atoms with Gasteiger partial charge in [0.25, 0.3) is 0 Å². The molecular weight excluding hydrogens is 207 g/mol. The molecule has 0 aliphatic heterocycles. The Kier molecular flexibility index (Phi) is 5.26. The highest BCUT2D eigenvalue weighted by atomic mass is 19.1. The number of rotatable bonds is 6. The van der Waals surface area contributed by atoms with E-state index < -0.39 is 0 Å². The highest BCUT2D eigenvalue weighted by Crippen LogP contribution is 2.22. The second kappa shape index (κ2) is 6.48. The van der Waals surface area contributed by atoms with E-state index in [9.17, 15) is 4.39 Å². The fraction of sp³-hybridized carbons (Fsp3) is 0.538. The molecule has 0 radical (unpaired) electrons. The average molecular weight is 226 g/mol. The molecule has 1 aromatic rings. The van der Waals surface area contributed by atoms with Crippen LogP contribution in [0, 0.1) is 11.7 Å². The molecule has 0 unspecified atom stereocenters. The molecule has 0 saturated carbocycles. The zero-order valence-electron chi connectivity index (χ0n) is 9.87. The Balaban J connectivity index is 2.72. The first kappa shape index (κ1) is 13.0. The van der Waals surface area contributed by atoms with Crippen LogP contribution in [0.2, 0.25) is 0 Å². The Morgan fingerprint density at radius 1 is 1.38 bits per heavy atom. The molecule has 3 heteroatoms. The van der Waals surface area contributed by atoms with Crippen molar-refractivity contribution < 1.29 is 14.2 Å². The molecule has 0 aromatic heterocycles. The number of aliphatic hydroxyl groups is 1. The molecular formula is C13H19FO2. The van der Waals surface area contributed by atoms with Gasteiger partial charge < -0.3 is 9.84 Å². The maximum atomic E-state index is 13.0. The summed E-state index contributed by atoms with van der Waals surface area (Å²) in [5, 5.41) is 8.69. The van der Waals surface area contributed by atoms with Crippen LogP contribution in [-0.4, -0.2) is 18.3 Å². The van der Waals surface area contributed by atoms with Gasteiger partial charge in [-0.2, -0.15) is 0 Å². The second-order valence-electron chi connectivity index (χ2n) is 4.26. The number of benzene rings is 1. The second-order valence-corrected chi connectivity index (χ2v) is 4.26. The Bertz CT molecular complexity index is 324. The van der Waals surface area contributed by atoms with Crippen molar-refractivity contribution in [3.63, 3.8) is 0 Å². The van der Waals surface area contributed by atoms with Gasteiger partial charge in [-0.25, -0.2) is 4.39 Å². The molecule has 1 N–H and O–H groups in total. The Morgan fingerprint density at radius 2 is 2.12 bits per heavy atom. The third-order valence-electron chi connectivity index (χ3n) is 2.37. The Labute approximate surface area is 96.1 Å². The van der Waals surface area contributed by atoms with Gasteiger partial charge in [0.15, 0.2) is 0 Å². The van der Waals surface area contributed by atoms with Crippen molar-refractivity contribution in [2.45, 2.75) is 26.7 Å². The topological polar surface area (TPSA) is 29.5 Å². The van der Waals surface area contributed by atoms with Crippen molar-refractivity contribution in [2.24, 2.45) is 5.92 Å². The summed E-state index contributed by atoms with van der Waals surface area (Å²) in [5.41, 5.74) is 1.00. The van der Waals surface area contributed by atoms with E-state index in [4.69, 9.17) is 9.84 Å². The summed E-state index contributed by atoms with van der Waals surface area (Å²) in [6, 6.07) is 4.58. The molecule has 1 rings (SSSR count). The maximum absolute atomic E-state index is 13.0. The molecule has 0 bridgehead atoms. The predicted octanol–water partition coefficient (Wildman–Crippen LogP) is 2.79. The highest BCUT2D eigenvalue weighted by molar-refractivity contribution is 5.34. The Hall–Kier alpha value is -1.09. The van der Waals surface area contributed by atoms with E-state index in [0.29, 0.717) is 11.7 Å². The molecule has 0 atom stereocenters. The number of hydrogen-bond acceptors (Lipinski definition) is 2. The van der Waals surface area contributed by atoms with Gasteiger partial charge in [0.05, 0.1) is 6.61 Å². The predicted molar refractivity (Wildman–Crippen MR) is 62.1 cm³/mol. The van der Waals surface area contributed by atoms with Crippen molar-refractivity contribution >= 4 is 0 Å². The van der Waals surface area contributed by atoms with Crippen LogP contribution >= 0.6 is 0 Å². The van der Waals surface area contributed by atoms with Crippen molar-refractivity contribution in [2.75, 3.05) is 13.2 Å². The largest absolute Gasteiger partial charge is 0.491 e. The fourth-order valence-corrected chi connectivity index (χ4v) is 1.47. The minimum atomic E-state index is -0.304. The number of hydrogen-bond donors (Lipinski definition) is 1. The molecule has 0 aliphatic carbocycles. The molecule has 1 aromatic carbocycles. The van der Waals surface area contributed by atoms with Crippen molar-refractivity contribution in [3.05, 3.63) is 29.6 Å². The van der Waals surface area contributed by atoms with Gasteiger partial charge in [0.1, 0.15) is 18.2 Å². The number of halogens is 1. The van der Waals surface area contributed by atoms with Gasteiger partial charge in [-0.1, -0.05) is 19.9 Å². The monoisotopic (exact) mass is 226 g/mol. The van der Waals surface area contributed by atoms with Gasteiger partial charge >= 0.3 is 0 Å². The summed E-state index contributed by atoms with van der Waals surface area (Å²) < 4.78 is 18.3. The number of aliphatic hydroxyl groups excluding tert-OH is 1. The molecule has 0 fully saturated rings. The first-order valence-electron chi connectivity index (χ1n) is 5.65. The van der Waals surface area contributed by atoms with E-state index in [1.165, 1.54) is 12.1 Å². The van der Waals surface area contributed by atoms with E-state index in [2.05, 4.69) is 13.8 Å². The van der Waals surface area contributed by atoms with Crippen LogP contribution < -0.4 is 4.74 Å². The lowest BCUT2D eigenvalue weighted by Crippen LogP contribution is -2.05. The van der Waals surface area contributed by atoms with E-state index in [1.54, 1.807) is 6.07 Å². The van der Waals surface area contributed by atoms with Crippen LogP contribution in [-0.2, 0) is 6.42 Å². The molecule has 0 amide bonds. The summed E-state index contributed by atoms with van der Waals surface area (Å²) >= 11 is 0. The highest BCUT2D eigenvalue weighted by Gasteiger charge is 2.06. The molecule has 0 heterocycles. The SMILES string of the molecule is CC(C)CCc1ccc(F)cc1OCCO. The van der Waals surface area contributed by atoms with Crippen LogP contribution in [0.1, 0.15) is 25.8 Å². The van der Waals surface area contributed by atoms with E-state index >= 15 is 0 Å². The van der Waals surface area contributed by atoms with Gasteiger partial charge in [0.2, 0.25) is 0 Å². The Morgan fingerprint density at radius 3 is 2.75 bits per heavy atom. The normalized spacial score (nSPS) is 10.8. The first-order chi connectivity index (χ1) is 7.63. The zero-order chi connectivity index (χ0) is 12.0. The molecule has 0 spiro atoms. The summed E-state index contributed by atoms with van der Waals surface area (Å²) in [4.78, 5) is 0. The van der Waals surface area contributed by atoms with E-state index in [-0.39, 0.29) is 19.0 Å². The molecule has 90 valence electrons. The van der Waals surface area contributed by atoms with E-state index in [1.807, 2.05) is 0 Å². The van der Waals surface area contributed by atoms with Crippen LogP contribution in [0.15, 0.2) is 18.2 Å². The molecule has 16 heavy (non-hydrogen) atoms. The van der Waals surface area contributed by atoms with Crippen molar-refractivity contribution in [1.82, 2.24) is 0 Å². The van der Waals surface area contributed by atoms with Crippen LogP contribution in [0.5, 0.6) is 5.75 Å². The summed E-state index contributed by atoms with van der Waals surface area (Å²) in [5.74, 6) is 0.853. The van der Waals surface area contributed by atoms with Crippen LogP contribution in [0.4, 0.5) is 4.39 Å². The quantitative estimate of drug-likeness (QED) is 0.808. The standard InChI is InChI=1S/C13H19FO2/c1-10(2)3-4-11-5-6-12(14)9-13(11)16-8-7-15/h5-6,9-10,15H,3-4,7-8H2,1-2H3. The van der Waals surface area contributed by atoms with Crippen molar-refractivity contribution in [1.29, 1.82) is 0 Å². The summed E-state index contributed by atoms with van der Waals surface area (Å²) in [7, 11) is 0. The lowest BCUT2D eigenvalue weighted by molar-refractivity contribution is 0.199. The summed E-state index contributed by atoms with van der Waals surface area (Å²) in [6.45, 7) is 4.45. The maximum Gasteiger partial charge on any atom is 0.126 e. The number of aryl methyl sites for hydroxylation is 1. The van der Waals surface area contributed by atoms with Gasteiger partial charge in [-0.3, -0.25) is 0 Å². The van der Waals surface area contributed by atoms with Gasteiger partial charge in [-0.15, -0.1) is 0 Å². The van der Waals surface area contributed by atoms with Crippen molar-refractivity contribution in [3.8, 4) is 5.75 Å². The van der Waals surface area contributed by atoms with Gasteiger partial charge in [0, 0.05) is 6.07 Å². The lowest BCUT2D eigenvalue weighted by Gasteiger charge is -2.11. The average Bonchev–Trinajstić information content (AvgIpc) is 2.24. The first-order valence-corrected chi connectivity index (χ1v) is 5.65. The van der Waals surface area contributed by atoms with Crippen LogP contribution in [0.25, 0.3) is 0 Å². The summed E-state index contributed by atoms with van der Waals surface area (Å²) in [6.07, 6.45) is 1.92. The van der Waals surface area contributed by atoms with Gasteiger partial charge in [-0.05, 0) is 30.4 Å². The minimum absolute atomic E-state index is 0.0554.